The number of ether oxygens (including phenoxy) is 1. The molecule has 0 aliphatic rings. The molecule has 0 aliphatic carbocycles. The molecule has 2 amide bonds. The van der Waals surface area contributed by atoms with Gasteiger partial charge in [-0.1, -0.05) is 0 Å². The maximum Gasteiger partial charge on any atom is 0.416 e. The third kappa shape index (κ3) is 9.93. The third-order valence-corrected chi connectivity index (χ3v) is 5.20. The second-order valence-corrected chi connectivity index (χ2v) is 8.36. The SMILES string of the molecule is CCOC(=O)C(Cc1cc(C(F)(F)F)cc(C(F)(F)F)c1)NC(=O)CNC(=O)c1cc(N=CNN)cc(C(F)(F)F)c1. The molecule has 5 N–H and O–H groups in total. The van der Waals surface area contributed by atoms with Crippen molar-refractivity contribution in [2.45, 2.75) is 37.9 Å². The van der Waals surface area contributed by atoms with Crippen molar-refractivity contribution in [2.75, 3.05) is 13.2 Å². The van der Waals surface area contributed by atoms with Crippen LogP contribution >= 0.6 is 0 Å². The summed E-state index contributed by atoms with van der Waals surface area (Å²) in [6, 6.07) is 0.830. The van der Waals surface area contributed by atoms with Crippen molar-refractivity contribution in [3.8, 4) is 0 Å². The van der Waals surface area contributed by atoms with Crippen LogP contribution in [0.15, 0.2) is 41.4 Å². The summed E-state index contributed by atoms with van der Waals surface area (Å²) < 4.78 is 124. The number of amides is 2. The van der Waals surface area contributed by atoms with Gasteiger partial charge in [-0.2, -0.15) is 39.5 Å². The number of aliphatic imine (C=N–C) groups is 1. The zero-order chi connectivity index (χ0) is 31.9. The highest BCUT2D eigenvalue weighted by molar-refractivity contribution is 5.98. The number of rotatable bonds is 10. The molecule has 18 heteroatoms. The number of nitrogens with two attached hydrogens (primary N) is 1. The summed E-state index contributed by atoms with van der Waals surface area (Å²) in [5, 5.41) is 4.03. The largest absolute Gasteiger partial charge is 0.464 e. The van der Waals surface area contributed by atoms with E-state index >= 15 is 0 Å². The van der Waals surface area contributed by atoms with Crippen LogP contribution < -0.4 is 21.9 Å². The fourth-order valence-electron chi connectivity index (χ4n) is 3.41. The molecule has 0 aromatic heterocycles. The monoisotopic (exact) mass is 615 g/mol. The molecule has 0 fully saturated rings. The van der Waals surface area contributed by atoms with Gasteiger partial charge in [0.05, 0.1) is 35.5 Å². The van der Waals surface area contributed by atoms with Crippen LogP contribution in [0.3, 0.4) is 0 Å². The molecule has 0 saturated carbocycles. The van der Waals surface area contributed by atoms with Crippen molar-refractivity contribution in [2.24, 2.45) is 10.8 Å². The average molecular weight is 615 g/mol. The Morgan fingerprint density at radius 3 is 1.93 bits per heavy atom. The van der Waals surface area contributed by atoms with Gasteiger partial charge in [0.1, 0.15) is 12.4 Å². The Morgan fingerprint density at radius 2 is 1.43 bits per heavy atom. The van der Waals surface area contributed by atoms with Crippen molar-refractivity contribution >= 4 is 29.8 Å². The van der Waals surface area contributed by atoms with Crippen LogP contribution in [0.5, 0.6) is 0 Å². The van der Waals surface area contributed by atoms with E-state index in [1.807, 2.05) is 16.1 Å². The third-order valence-electron chi connectivity index (χ3n) is 5.20. The maximum absolute atomic E-state index is 13.2. The number of carbonyl (C=O) groups excluding carboxylic acids is 3. The topological polar surface area (TPSA) is 135 Å². The van der Waals surface area contributed by atoms with E-state index in [2.05, 4.69) is 4.99 Å². The van der Waals surface area contributed by atoms with Gasteiger partial charge < -0.3 is 20.8 Å². The van der Waals surface area contributed by atoms with Gasteiger partial charge in [-0.3, -0.25) is 9.59 Å². The van der Waals surface area contributed by atoms with Gasteiger partial charge in [0.15, 0.2) is 0 Å². The average Bonchev–Trinajstić information content (AvgIpc) is 2.88. The number of benzene rings is 2. The zero-order valence-corrected chi connectivity index (χ0v) is 21.3. The van der Waals surface area contributed by atoms with E-state index in [1.54, 1.807) is 0 Å². The number of hydrogen-bond donors (Lipinski definition) is 4. The minimum Gasteiger partial charge on any atom is -0.464 e. The standard InChI is InChI=1S/C24H22F9N5O4/c1-2-42-21(41)18(5-12-3-14(22(25,26)27)8-15(4-12)23(28,29)30)38-19(39)10-35-20(40)13-6-16(24(31,32)33)9-17(7-13)36-11-37-34/h3-4,6-9,11,18H,2,5,10,34H2,1H3,(H,35,40)(H,36,37)(H,38,39). The van der Waals surface area contributed by atoms with Crippen LogP contribution in [0.1, 0.15) is 39.5 Å². The number of esters is 1. The number of hydrazine groups is 1. The van der Waals surface area contributed by atoms with E-state index in [4.69, 9.17) is 10.6 Å². The first-order valence-electron chi connectivity index (χ1n) is 11.6. The minimum absolute atomic E-state index is 0.117. The Morgan fingerprint density at radius 1 is 0.881 bits per heavy atom. The lowest BCUT2D eigenvalue weighted by Gasteiger charge is -2.20. The van der Waals surface area contributed by atoms with E-state index < -0.39 is 83.1 Å². The van der Waals surface area contributed by atoms with Crippen molar-refractivity contribution in [3.05, 3.63) is 64.2 Å². The Labute approximate surface area is 231 Å². The summed E-state index contributed by atoms with van der Waals surface area (Å²) in [5.41, 5.74) is -4.13. The van der Waals surface area contributed by atoms with E-state index in [9.17, 15) is 53.9 Å². The molecular weight excluding hydrogens is 593 g/mol. The van der Waals surface area contributed by atoms with Gasteiger partial charge in [0.25, 0.3) is 5.91 Å². The number of carbonyl (C=O) groups is 3. The second-order valence-electron chi connectivity index (χ2n) is 8.36. The molecule has 2 aromatic rings. The molecule has 1 atom stereocenters. The molecule has 0 aliphatic heterocycles. The highest BCUT2D eigenvalue weighted by Crippen LogP contribution is 2.37. The predicted octanol–water partition coefficient (Wildman–Crippen LogP) is 3.89. The lowest BCUT2D eigenvalue weighted by Crippen LogP contribution is -2.47. The molecule has 0 radical (unpaired) electrons. The Kier molecular flexibility index (Phi) is 10.9. The van der Waals surface area contributed by atoms with E-state index in [1.165, 1.54) is 6.92 Å². The molecule has 9 nitrogen and oxygen atoms in total. The molecular formula is C24H22F9N5O4. The molecule has 2 rings (SSSR count). The van der Waals surface area contributed by atoms with Crippen LogP contribution in [0, 0.1) is 0 Å². The highest BCUT2D eigenvalue weighted by atomic mass is 19.4. The number of alkyl halides is 9. The Hall–Kier alpha value is -4.35. The fourth-order valence-corrected chi connectivity index (χ4v) is 3.41. The number of nitrogens with zero attached hydrogens (tertiary/aromatic N) is 1. The Bertz CT molecular complexity index is 1290. The van der Waals surface area contributed by atoms with Crippen molar-refractivity contribution in [1.82, 2.24) is 16.1 Å². The quantitative estimate of drug-likeness (QED) is 0.0801. The van der Waals surface area contributed by atoms with Crippen molar-refractivity contribution in [3.63, 3.8) is 0 Å². The smallest absolute Gasteiger partial charge is 0.416 e. The molecule has 0 heterocycles. The first-order valence-corrected chi connectivity index (χ1v) is 11.6. The van der Waals surface area contributed by atoms with E-state index in [0.29, 0.717) is 24.3 Å². The molecule has 0 saturated heterocycles. The van der Waals surface area contributed by atoms with Crippen molar-refractivity contribution < 1.29 is 58.6 Å². The molecule has 0 spiro atoms. The lowest BCUT2D eigenvalue weighted by atomic mass is 9.99. The van der Waals surface area contributed by atoms with Crippen LogP contribution in [-0.2, 0) is 39.3 Å². The molecule has 230 valence electrons. The summed E-state index contributed by atoms with van der Waals surface area (Å²) in [4.78, 5) is 40.9. The summed E-state index contributed by atoms with van der Waals surface area (Å²) in [7, 11) is 0. The van der Waals surface area contributed by atoms with Crippen LogP contribution in [0.25, 0.3) is 0 Å². The van der Waals surface area contributed by atoms with Gasteiger partial charge in [0.2, 0.25) is 5.91 Å². The highest BCUT2D eigenvalue weighted by Gasteiger charge is 2.37. The van der Waals surface area contributed by atoms with E-state index in [0.717, 1.165) is 12.4 Å². The van der Waals surface area contributed by atoms with Gasteiger partial charge in [-0.15, -0.1) is 0 Å². The lowest BCUT2D eigenvalue weighted by molar-refractivity contribution is -0.147. The molecule has 42 heavy (non-hydrogen) atoms. The molecule has 0 bridgehead atoms. The number of hydrogen-bond acceptors (Lipinski definition) is 6. The molecule has 2 aromatic carbocycles. The van der Waals surface area contributed by atoms with Gasteiger partial charge in [-0.25, -0.2) is 15.6 Å². The normalized spacial score (nSPS) is 13.0. The maximum atomic E-state index is 13.2. The van der Waals surface area contributed by atoms with Crippen LogP contribution in [0.4, 0.5) is 45.2 Å². The van der Waals surface area contributed by atoms with Crippen LogP contribution in [0.2, 0.25) is 0 Å². The second kappa shape index (κ2) is 13.5. The van der Waals surface area contributed by atoms with Crippen LogP contribution in [-0.4, -0.2) is 43.3 Å². The van der Waals surface area contributed by atoms with Gasteiger partial charge >= 0.3 is 24.5 Å². The van der Waals surface area contributed by atoms with Crippen molar-refractivity contribution in [1.29, 1.82) is 0 Å². The number of nitrogens with one attached hydrogen (secondary N) is 3. The number of halogens is 9. The zero-order valence-electron chi connectivity index (χ0n) is 21.3. The first-order chi connectivity index (χ1) is 19.3. The van der Waals surface area contributed by atoms with E-state index in [-0.39, 0.29) is 18.4 Å². The summed E-state index contributed by atoms with van der Waals surface area (Å²) in [6.45, 7) is 0.128. The Balaban J connectivity index is 2.26. The predicted molar refractivity (Wildman–Crippen MR) is 128 cm³/mol. The fraction of sp³-hybridized carbons (Fsp3) is 0.333. The summed E-state index contributed by atoms with van der Waals surface area (Å²) in [5.74, 6) is 1.42. The molecule has 1 unspecified atom stereocenters. The summed E-state index contributed by atoms with van der Waals surface area (Å²) in [6.07, 6.45) is -15.2. The minimum atomic E-state index is -5.17. The summed E-state index contributed by atoms with van der Waals surface area (Å²) >= 11 is 0. The first kappa shape index (κ1) is 33.9. The van der Waals surface area contributed by atoms with Gasteiger partial charge in [0, 0.05) is 12.0 Å². The van der Waals surface area contributed by atoms with Gasteiger partial charge in [-0.05, 0) is 48.9 Å².